The summed E-state index contributed by atoms with van der Waals surface area (Å²) in [7, 11) is 0. The average molecular weight is 668 g/mol. The molecule has 0 fully saturated rings. The first-order valence-corrected chi connectivity index (χ1v) is 18.5. The van der Waals surface area contributed by atoms with E-state index in [1.807, 2.05) is 0 Å². The molecule has 7 aromatic carbocycles. The van der Waals surface area contributed by atoms with Crippen molar-refractivity contribution in [1.29, 1.82) is 0 Å². The summed E-state index contributed by atoms with van der Waals surface area (Å²) in [4.78, 5) is 0. The van der Waals surface area contributed by atoms with Crippen molar-refractivity contribution in [3.05, 3.63) is 159 Å². The highest BCUT2D eigenvalue weighted by Crippen LogP contribution is 2.55. The van der Waals surface area contributed by atoms with E-state index in [0.717, 1.165) is 0 Å². The normalized spacial score (nSPS) is 13.5. The van der Waals surface area contributed by atoms with Crippen LogP contribution in [0.5, 0.6) is 0 Å². The van der Waals surface area contributed by atoms with Crippen LogP contribution in [0, 0.1) is 41.5 Å². The minimum atomic E-state index is 0.114. The van der Waals surface area contributed by atoms with Gasteiger partial charge in [0.05, 0.1) is 50.2 Å². The first-order chi connectivity index (χ1) is 25.2. The lowest BCUT2D eigenvalue weighted by Gasteiger charge is -2.36. The molecule has 0 spiro atoms. The Bertz CT molecular complexity index is 3090. The highest BCUT2D eigenvalue weighted by molar-refractivity contribution is 6.16. The third kappa shape index (κ3) is 3.42. The van der Waals surface area contributed by atoms with Crippen LogP contribution >= 0.6 is 0 Å². The molecular weight excluding hydrogens is 631 g/mol. The number of aromatic nitrogens is 3. The highest BCUT2D eigenvalue weighted by Gasteiger charge is 2.39. The number of rotatable bonds is 1. The summed E-state index contributed by atoms with van der Waals surface area (Å²) < 4.78 is 7.73. The van der Waals surface area contributed by atoms with Crippen LogP contribution in [-0.2, 0) is 0 Å². The lowest BCUT2D eigenvalue weighted by atomic mass is 9.77. The fourth-order valence-corrected chi connectivity index (χ4v) is 10.2. The molecular formula is C49H37N3. The van der Waals surface area contributed by atoms with Gasteiger partial charge in [-0.25, -0.2) is 0 Å². The molecule has 0 aliphatic carbocycles. The van der Waals surface area contributed by atoms with Crippen molar-refractivity contribution in [2.24, 2.45) is 0 Å². The number of aryl methyl sites for hydroxylation is 6. The van der Waals surface area contributed by atoms with Crippen molar-refractivity contribution in [3.8, 4) is 17.1 Å². The van der Waals surface area contributed by atoms with Crippen molar-refractivity contribution < 1.29 is 0 Å². The van der Waals surface area contributed by atoms with Crippen LogP contribution in [0.1, 0.15) is 56.0 Å². The Morgan fingerprint density at radius 3 is 1.10 bits per heavy atom. The van der Waals surface area contributed by atoms with E-state index in [1.165, 1.54) is 133 Å². The molecule has 0 radical (unpaired) electrons. The number of benzene rings is 7. The number of nitrogens with zero attached hydrogens (tertiary/aromatic N) is 3. The smallest absolute Gasteiger partial charge is 0.0583 e. The van der Waals surface area contributed by atoms with Crippen LogP contribution in [0.4, 0.5) is 0 Å². The summed E-state index contributed by atoms with van der Waals surface area (Å²) in [5.74, 6) is 0.114. The summed E-state index contributed by atoms with van der Waals surface area (Å²) in [6.07, 6.45) is 0. The molecule has 2 aliphatic heterocycles. The zero-order valence-corrected chi connectivity index (χ0v) is 30.3. The van der Waals surface area contributed by atoms with E-state index in [4.69, 9.17) is 0 Å². The Morgan fingerprint density at radius 2 is 0.692 bits per heavy atom. The molecule has 3 heteroatoms. The van der Waals surface area contributed by atoms with Crippen LogP contribution < -0.4 is 0 Å². The summed E-state index contributed by atoms with van der Waals surface area (Å²) in [6.45, 7) is 13.4. The van der Waals surface area contributed by atoms with E-state index in [-0.39, 0.29) is 5.92 Å². The molecule has 0 unspecified atom stereocenters. The average Bonchev–Trinajstić information content (AvgIpc) is 3.73. The molecule has 2 aliphatic rings. The number of fused-ring (bicyclic) bond motifs is 13. The van der Waals surface area contributed by atoms with Crippen LogP contribution in [0.3, 0.4) is 0 Å². The van der Waals surface area contributed by atoms with Gasteiger partial charge in [0, 0.05) is 43.8 Å². The van der Waals surface area contributed by atoms with Gasteiger partial charge >= 0.3 is 0 Å². The molecule has 12 rings (SSSR count). The summed E-state index contributed by atoms with van der Waals surface area (Å²) >= 11 is 0. The fourth-order valence-electron chi connectivity index (χ4n) is 10.2. The van der Waals surface area contributed by atoms with Gasteiger partial charge in [0.1, 0.15) is 0 Å². The van der Waals surface area contributed by atoms with Gasteiger partial charge in [-0.05, 0) is 125 Å². The van der Waals surface area contributed by atoms with E-state index in [0.29, 0.717) is 0 Å². The second-order valence-electron chi connectivity index (χ2n) is 15.9. The van der Waals surface area contributed by atoms with Gasteiger partial charge in [0.25, 0.3) is 0 Å². The Balaban J connectivity index is 1.34. The Labute approximate surface area is 301 Å². The Kier molecular flexibility index (Phi) is 5.19. The largest absolute Gasteiger partial charge is 0.309 e. The van der Waals surface area contributed by atoms with Gasteiger partial charge in [-0.3, -0.25) is 0 Å². The van der Waals surface area contributed by atoms with Crippen LogP contribution in [-0.4, -0.2) is 13.7 Å². The molecule has 3 nitrogen and oxygen atoms in total. The van der Waals surface area contributed by atoms with Crippen molar-refractivity contribution in [1.82, 2.24) is 13.7 Å². The van der Waals surface area contributed by atoms with Crippen LogP contribution in [0.25, 0.3) is 82.5 Å². The third-order valence-corrected chi connectivity index (χ3v) is 12.2. The van der Waals surface area contributed by atoms with E-state index >= 15 is 0 Å². The topological polar surface area (TPSA) is 14.8 Å². The quantitative estimate of drug-likeness (QED) is 0.165. The maximum atomic E-state index is 2.60. The summed E-state index contributed by atoms with van der Waals surface area (Å²) in [5, 5.41) is 7.96. The van der Waals surface area contributed by atoms with Gasteiger partial charge in [0.2, 0.25) is 0 Å². The molecule has 0 saturated carbocycles. The lowest BCUT2D eigenvalue weighted by molar-refractivity contribution is 0.878. The monoisotopic (exact) mass is 667 g/mol. The Hall–Kier alpha value is -6.06. The zero-order chi connectivity index (χ0) is 34.9. The van der Waals surface area contributed by atoms with Crippen molar-refractivity contribution in [2.75, 3.05) is 0 Å². The molecule has 0 bridgehead atoms. The first kappa shape index (κ1) is 28.6. The van der Waals surface area contributed by atoms with Crippen molar-refractivity contribution >= 4 is 65.4 Å². The maximum absolute atomic E-state index is 2.60. The molecule has 52 heavy (non-hydrogen) atoms. The molecule has 3 aromatic heterocycles. The molecule has 0 atom stereocenters. The first-order valence-electron chi connectivity index (χ1n) is 18.5. The Morgan fingerprint density at radius 1 is 0.346 bits per heavy atom. The van der Waals surface area contributed by atoms with Crippen molar-refractivity contribution in [3.63, 3.8) is 0 Å². The highest BCUT2D eigenvalue weighted by atomic mass is 15.1. The fraction of sp³-hybridized carbons (Fsp3) is 0.143. The second-order valence-corrected chi connectivity index (χ2v) is 15.9. The van der Waals surface area contributed by atoms with Gasteiger partial charge in [-0.15, -0.1) is 0 Å². The lowest BCUT2D eigenvalue weighted by Crippen LogP contribution is -2.22. The standard InChI is InChI=1S/C49H37N3/c1-25-7-11-40-32(15-25)33-16-26(2)8-12-41(33)50(40)31-23-44-47-45(24-31)52-43-14-10-28(4)18-35(43)37-20-30(6)22-39(49(37)52)46(47)38-21-29(5)19-36-34-17-27(3)9-13-42(34)51(44)48(36)38/h7-24,46H,1-6H3. The molecule has 0 saturated heterocycles. The van der Waals surface area contributed by atoms with E-state index in [1.54, 1.807) is 0 Å². The third-order valence-electron chi connectivity index (χ3n) is 12.2. The number of hydrogen-bond donors (Lipinski definition) is 0. The van der Waals surface area contributed by atoms with Crippen LogP contribution in [0.15, 0.2) is 109 Å². The van der Waals surface area contributed by atoms with E-state index in [2.05, 4.69) is 164 Å². The predicted octanol–water partition coefficient (Wildman–Crippen LogP) is 12.6. The predicted molar refractivity (Wildman–Crippen MR) is 219 cm³/mol. The SMILES string of the molecule is Cc1ccc2c(c1)c1cc(C)ccc1n2-c1cc2c3c(c1)-n1c4ccc(C)cc4c4cc(C)cc(c41)C3c1cc(C)cc3c4cc(C)ccc4n-2c13. The van der Waals surface area contributed by atoms with Gasteiger partial charge in [0.15, 0.2) is 0 Å². The van der Waals surface area contributed by atoms with Crippen molar-refractivity contribution in [2.45, 2.75) is 47.5 Å². The van der Waals surface area contributed by atoms with Crippen LogP contribution in [0.2, 0.25) is 0 Å². The molecule has 10 aromatic rings. The van der Waals surface area contributed by atoms with E-state index < -0.39 is 0 Å². The molecule has 248 valence electrons. The second kappa shape index (κ2) is 9.43. The van der Waals surface area contributed by atoms with Gasteiger partial charge in [-0.1, -0.05) is 69.8 Å². The minimum Gasteiger partial charge on any atom is -0.309 e. The molecule has 0 amide bonds. The van der Waals surface area contributed by atoms with Gasteiger partial charge in [-0.2, -0.15) is 0 Å². The minimum absolute atomic E-state index is 0.114. The molecule has 5 heterocycles. The van der Waals surface area contributed by atoms with Gasteiger partial charge < -0.3 is 13.7 Å². The molecule has 0 N–H and O–H groups in total. The maximum Gasteiger partial charge on any atom is 0.0583 e. The summed E-state index contributed by atoms with van der Waals surface area (Å²) in [5.41, 5.74) is 23.4. The number of hydrogen-bond acceptors (Lipinski definition) is 0. The van der Waals surface area contributed by atoms with E-state index in [9.17, 15) is 0 Å². The zero-order valence-electron chi connectivity index (χ0n) is 30.3. The summed E-state index contributed by atoms with van der Waals surface area (Å²) in [6, 6.07) is 42.7.